The molecule has 8 heteroatoms. The number of hydrogen-bond acceptors (Lipinski definition) is 4. The fraction of sp³-hybridized carbons (Fsp3) is 0.562. The van der Waals surface area contributed by atoms with Gasteiger partial charge in [0.05, 0.1) is 6.26 Å². The SMILES string of the molecule is CS(=O)(=O)N1CCC(C(=O)NCCSCc2ccccc2F)CC1. The van der Waals surface area contributed by atoms with Gasteiger partial charge in [0.2, 0.25) is 15.9 Å². The van der Waals surface area contributed by atoms with Crippen molar-refractivity contribution in [1.82, 2.24) is 9.62 Å². The van der Waals surface area contributed by atoms with Crippen molar-refractivity contribution in [3.63, 3.8) is 0 Å². The van der Waals surface area contributed by atoms with E-state index in [4.69, 9.17) is 0 Å². The molecule has 1 aromatic rings. The largest absolute Gasteiger partial charge is 0.355 e. The summed E-state index contributed by atoms with van der Waals surface area (Å²) in [6.45, 7) is 1.34. The zero-order valence-electron chi connectivity index (χ0n) is 13.7. The van der Waals surface area contributed by atoms with Gasteiger partial charge < -0.3 is 5.32 Å². The predicted octanol–water partition coefficient (Wildman–Crippen LogP) is 1.85. The lowest BCUT2D eigenvalue weighted by molar-refractivity contribution is -0.125. The average molecular weight is 375 g/mol. The summed E-state index contributed by atoms with van der Waals surface area (Å²) in [5, 5.41) is 2.89. The molecular formula is C16H23FN2O3S2. The van der Waals surface area contributed by atoms with Gasteiger partial charge in [0, 0.05) is 37.1 Å². The van der Waals surface area contributed by atoms with E-state index in [9.17, 15) is 17.6 Å². The van der Waals surface area contributed by atoms with Crippen LogP contribution >= 0.6 is 11.8 Å². The van der Waals surface area contributed by atoms with Crippen LogP contribution in [0.1, 0.15) is 18.4 Å². The molecule has 0 bridgehead atoms. The number of thioether (sulfide) groups is 1. The van der Waals surface area contributed by atoms with Crippen molar-refractivity contribution in [2.75, 3.05) is 31.6 Å². The molecule has 1 fully saturated rings. The molecule has 0 aromatic heterocycles. The van der Waals surface area contributed by atoms with Gasteiger partial charge in [-0.1, -0.05) is 18.2 Å². The van der Waals surface area contributed by atoms with Gasteiger partial charge in [0.1, 0.15) is 5.82 Å². The highest BCUT2D eigenvalue weighted by atomic mass is 32.2. The number of carbonyl (C=O) groups is 1. The number of halogens is 1. The smallest absolute Gasteiger partial charge is 0.223 e. The van der Waals surface area contributed by atoms with Gasteiger partial charge in [0.25, 0.3) is 0 Å². The van der Waals surface area contributed by atoms with Crippen molar-refractivity contribution in [1.29, 1.82) is 0 Å². The van der Waals surface area contributed by atoms with Crippen LogP contribution in [0.2, 0.25) is 0 Å². The molecule has 1 aliphatic rings. The molecular weight excluding hydrogens is 351 g/mol. The maximum Gasteiger partial charge on any atom is 0.223 e. The second-order valence-electron chi connectivity index (χ2n) is 5.87. The molecule has 0 spiro atoms. The van der Waals surface area contributed by atoms with E-state index in [2.05, 4.69) is 5.32 Å². The first-order valence-electron chi connectivity index (χ1n) is 7.92. The Balaban J connectivity index is 1.63. The van der Waals surface area contributed by atoms with Crippen molar-refractivity contribution in [2.24, 2.45) is 5.92 Å². The highest BCUT2D eigenvalue weighted by molar-refractivity contribution is 7.98. The lowest BCUT2D eigenvalue weighted by atomic mass is 9.97. The molecule has 0 radical (unpaired) electrons. The van der Waals surface area contributed by atoms with E-state index in [-0.39, 0.29) is 17.6 Å². The van der Waals surface area contributed by atoms with Crippen LogP contribution in [0.4, 0.5) is 4.39 Å². The van der Waals surface area contributed by atoms with Gasteiger partial charge in [-0.15, -0.1) is 0 Å². The third-order valence-corrected chi connectivity index (χ3v) is 6.37. The Hall–Kier alpha value is -1.12. The highest BCUT2D eigenvalue weighted by Crippen LogP contribution is 2.19. The average Bonchev–Trinajstić information content (AvgIpc) is 2.55. The molecule has 24 heavy (non-hydrogen) atoms. The summed E-state index contributed by atoms with van der Waals surface area (Å²) in [5.74, 6) is 0.943. The second-order valence-corrected chi connectivity index (χ2v) is 8.96. The lowest BCUT2D eigenvalue weighted by Gasteiger charge is -2.29. The molecule has 134 valence electrons. The zero-order valence-corrected chi connectivity index (χ0v) is 15.3. The van der Waals surface area contributed by atoms with Gasteiger partial charge in [-0.3, -0.25) is 4.79 Å². The van der Waals surface area contributed by atoms with Crippen molar-refractivity contribution < 1.29 is 17.6 Å². The Morgan fingerprint density at radius 1 is 1.33 bits per heavy atom. The highest BCUT2D eigenvalue weighted by Gasteiger charge is 2.28. The second kappa shape index (κ2) is 8.82. The lowest BCUT2D eigenvalue weighted by Crippen LogP contribution is -2.42. The third-order valence-electron chi connectivity index (χ3n) is 4.05. The van der Waals surface area contributed by atoms with Crippen molar-refractivity contribution in [3.05, 3.63) is 35.6 Å². The molecule has 1 heterocycles. The number of amides is 1. The summed E-state index contributed by atoms with van der Waals surface area (Å²) in [5.41, 5.74) is 0.668. The van der Waals surface area contributed by atoms with Crippen LogP contribution in [-0.2, 0) is 20.6 Å². The maximum absolute atomic E-state index is 13.5. The van der Waals surface area contributed by atoms with E-state index >= 15 is 0 Å². The molecule has 1 amide bonds. The van der Waals surface area contributed by atoms with Crippen molar-refractivity contribution in [3.8, 4) is 0 Å². The Bertz CT molecular complexity index is 659. The fourth-order valence-electron chi connectivity index (χ4n) is 2.64. The summed E-state index contributed by atoms with van der Waals surface area (Å²) >= 11 is 1.57. The summed E-state index contributed by atoms with van der Waals surface area (Å²) in [7, 11) is -3.16. The number of nitrogens with zero attached hydrogens (tertiary/aromatic N) is 1. The van der Waals surface area contributed by atoms with E-state index in [1.54, 1.807) is 23.9 Å². The van der Waals surface area contributed by atoms with Crippen molar-refractivity contribution >= 4 is 27.7 Å². The summed E-state index contributed by atoms with van der Waals surface area (Å²) in [6.07, 6.45) is 2.31. The normalized spacial score (nSPS) is 16.9. The predicted molar refractivity (Wildman–Crippen MR) is 94.7 cm³/mol. The number of carbonyl (C=O) groups excluding carboxylic acids is 1. The maximum atomic E-state index is 13.5. The number of piperidine rings is 1. The van der Waals surface area contributed by atoms with Gasteiger partial charge in [0.15, 0.2) is 0 Å². The first kappa shape index (κ1) is 19.2. The van der Waals surface area contributed by atoms with Crippen LogP contribution in [-0.4, -0.2) is 50.3 Å². The Kier molecular flexibility index (Phi) is 7.06. The number of hydrogen-bond donors (Lipinski definition) is 1. The monoisotopic (exact) mass is 374 g/mol. The molecule has 1 saturated heterocycles. The molecule has 0 atom stereocenters. The molecule has 1 aliphatic heterocycles. The first-order chi connectivity index (χ1) is 11.4. The van der Waals surface area contributed by atoms with E-state index in [1.165, 1.54) is 16.6 Å². The molecule has 5 nitrogen and oxygen atoms in total. The molecule has 2 rings (SSSR count). The van der Waals surface area contributed by atoms with Gasteiger partial charge in [-0.05, 0) is 24.5 Å². The quantitative estimate of drug-likeness (QED) is 0.740. The van der Waals surface area contributed by atoms with Gasteiger partial charge in [-0.2, -0.15) is 11.8 Å². The van der Waals surface area contributed by atoms with Crippen molar-refractivity contribution in [2.45, 2.75) is 18.6 Å². The number of benzene rings is 1. The van der Waals surface area contributed by atoms with Gasteiger partial charge in [-0.25, -0.2) is 17.1 Å². The van der Waals surface area contributed by atoms with E-state index < -0.39 is 10.0 Å². The minimum Gasteiger partial charge on any atom is -0.355 e. The Morgan fingerprint density at radius 3 is 2.62 bits per heavy atom. The Labute approximate surface area is 147 Å². The zero-order chi connectivity index (χ0) is 17.6. The fourth-order valence-corrected chi connectivity index (χ4v) is 4.36. The number of nitrogens with one attached hydrogen (secondary N) is 1. The van der Waals surface area contributed by atoms with Crippen LogP contribution in [0.3, 0.4) is 0 Å². The van der Waals surface area contributed by atoms with Crippen LogP contribution in [0.25, 0.3) is 0 Å². The van der Waals surface area contributed by atoms with E-state index in [0.29, 0.717) is 49.5 Å². The summed E-state index contributed by atoms with van der Waals surface area (Å²) in [6, 6.07) is 6.68. The molecule has 1 aromatic carbocycles. The standard InChI is InChI=1S/C16H23FN2O3S2/c1-24(21,22)19-9-6-13(7-10-19)16(20)18-8-11-23-12-14-4-2-3-5-15(14)17/h2-5,13H,6-12H2,1H3,(H,18,20). The summed E-state index contributed by atoms with van der Waals surface area (Å²) in [4.78, 5) is 12.1. The van der Waals surface area contributed by atoms with Crippen LogP contribution < -0.4 is 5.32 Å². The van der Waals surface area contributed by atoms with Crippen LogP contribution in [0.5, 0.6) is 0 Å². The third kappa shape index (κ3) is 5.75. The number of rotatable bonds is 7. The van der Waals surface area contributed by atoms with Crippen LogP contribution in [0.15, 0.2) is 24.3 Å². The molecule has 0 unspecified atom stereocenters. The topological polar surface area (TPSA) is 66.5 Å². The minimum atomic E-state index is -3.16. The van der Waals surface area contributed by atoms with E-state index in [0.717, 1.165) is 0 Å². The number of sulfonamides is 1. The van der Waals surface area contributed by atoms with Crippen LogP contribution in [0, 0.1) is 11.7 Å². The van der Waals surface area contributed by atoms with Gasteiger partial charge >= 0.3 is 0 Å². The van der Waals surface area contributed by atoms with E-state index in [1.807, 2.05) is 6.07 Å². The first-order valence-corrected chi connectivity index (χ1v) is 10.9. The molecule has 1 N–H and O–H groups in total. The Morgan fingerprint density at radius 2 is 2.00 bits per heavy atom. The minimum absolute atomic E-state index is 0.0188. The summed E-state index contributed by atoms with van der Waals surface area (Å²) < 4.78 is 37.8. The molecule has 0 saturated carbocycles. The molecule has 0 aliphatic carbocycles.